The van der Waals surface area contributed by atoms with E-state index < -0.39 is 20.2 Å². The van der Waals surface area contributed by atoms with Gasteiger partial charge in [0.05, 0.1) is 8.07 Å². The number of carbonyl (C=O) groups excluding carboxylic acids is 1. The zero-order valence-corrected chi connectivity index (χ0v) is 9.36. The molecule has 0 spiro atoms. The number of hydrogen-bond acceptors (Lipinski definition) is 2. The van der Waals surface area contributed by atoms with Crippen LogP contribution in [0.25, 0.3) is 0 Å². The summed E-state index contributed by atoms with van der Waals surface area (Å²) in [6.45, 7) is 9.00. The van der Waals surface area contributed by atoms with E-state index in [1.165, 1.54) is 0 Å². The van der Waals surface area contributed by atoms with E-state index in [4.69, 9.17) is 0 Å². The minimum absolute atomic E-state index is 0.339. The highest BCUT2D eigenvalue weighted by molar-refractivity contribution is 6.83. The minimum Gasteiger partial charge on any atom is -0.455 e. The van der Waals surface area contributed by atoms with Gasteiger partial charge in [-0.3, -0.25) is 0 Å². The molecule has 0 saturated carbocycles. The van der Waals surface area contributed by atoms with Crippen molar-refractivity contribution in [3.63, 3.8) is 0 Å². The molecule has 2 nitrogen and oxygen atoms in total. The topological polar surface area (TPSA) is 26.3 Å². The summed E-state index contributed by atoms with van der Waals surface area (Å²) in [4.78, 5) is 10.3. The van der Waals surface area contributed by atoms with Gasteiger partial charge in [-0.25, -0.2) is 4.79 Å². The molecule has 0 heterocycles. The van der Waals surface area contributed by atoms with Crippen molar-refractivity contribution in [2.45, 2.75) is 25.8 Å². The summed E-state index contributed by atoms with van der Waals surface area (Å²) in [7, 11) is -1.73. The normalized spacial score (nSPS) is 12.4. The highest BCUT2D eigenvalue weighted by Crippen LogP contribution is 2.18. The van der Waals surface area contributed by atoms with Crippen LogP contribution in [0.3, 0.4) is 0 Å². The molecule has 0 unspecified atom stereocenters. The fourth-order valence-electron chi connectivity index (χ4n) is 0.451. The molecule has 6 heteroatoms. The molecule has 82 valence electrons. The number of carbonyl (C=O) groups is 1. The summed E-state index contributed by atoms with van der Waals surface area (Å²) in [5.74, 6) is -2.16. The van der Waals surface area contributed by atoms with Gasteiger partial charge in [-0.2, -0.15) is 13.2 Å². The molecule has 0 N–H and O–H groups in total. The van der Waals surface area contributed by atoms with Gasteiger partial charge in [0.1, 0.15) is 6.61 Å². The molecule has 0 aromatic carbocycles. The largest absolute Gasteiger partial charge is 0.490 e. The molecule has 0 aliphatic rings. The van der Waals surface area contributed by atoms with Crippen molar-refractivity contribution < 1.29 is 22.7 Å². The van der Waals surface area contributed by atoms with Crippen molar-refractivity contribution in [1.82, 2.24) is 0 Å². The van der Waals surface area contributed by atoms with E-state index in [0.29, 0.717) is 5.20 Å². The van der Waals surface area contributed by atoms with Crippen LogP contribution in [0.15, 0.2) is 11.8 Å². The van der Waals surface area contributed by atoms with Gasteiger partial charge in [0.25, 0.3) is 0 Å². The first-order valence-corrected chi connectivity index (χ1v) is 7.47. The average Bonchev–Trinajstić information content (AvgIpc) is 1.95. The summed E-state index contributed by atoms with van der Waals surface area (Å²) >= 11 is 0. The Labute approximate surface area is 81.8 Å². The third-order valence-corrected chi connectivity index (χ3v) is 3.94. The van der Waals surface area contributed by atoms with E-state index in [-0.39, 0.29) is 6.61 Å². The Balaban J connectivity index is 4.10. The van der Waals surface area contributed by atoms with Crippen LogP contribution in [0, 0.1) is 0 Å². The van der Waals surface area contributed by atoms with Gasteiger partial charge < -0.3 is 4.74 Å². The first-order valence-electron chi connectivity index (χ1n) is 3.97. The minimum atomic E-state index is -4.92. The van der Waals surface area contributed by atoms with Gasteiger partial charge in [-0.15, -0.1) is 6.58 Å². The first-order chi connectivity index (χ1) is 6.05. The molecular formula is C8H13F3O2Si. The van der Waals surface area contributed by atoms with Crippen molar-refractivity contribution >= 4 is 14.0 Å². The molecule has 0 radical (unpaired) electrons. The maximum absolute atomic E-state index is 11.7. The zero-order valence-electron chi connectivity index (χ0n) is 8.36. The van der Waals surface area contributed by atoms with Crippen molar-refractivity contribution in [3.05, 3.63) is 11.8 Å². The lowest BCUT2D eigenvalue weighted by molar-refractivity contribution is -0.198. The van der Waals surface area contributed by atoms with Crippen molar-refractivity contribution in [1.29, 1.82) is 0 Å². The number of rotatable bonds is 3. The van der Waals surface area contributed by atoms with Crippen LogP contribution in [-0.2, 0) is 9.53 Å². The highest BCUT2D eigenvalue weighted by atomic mass is 28.3. The molecule has 0 amide bonds. The maximum Gasteiger partial charge on any atom is 0.490 e. The van der Waals surface area contributed by atoms with Gasteiger partial charge in [0, 0.05) is 0 Å². The van der Waals surface area contributed by atoms with Gasteiger partial charge in [-0.1, -0.05) is 24.8 Å². The van der Waals surface area contributed by atoms with Crippen LogP contribution in [0.2, 0.25) is 19.6 Å². The van der Waals surface area contributed by atoms with E-state index in [1.807, 2.05) is 19.6 Å². The van der Waals surface area contributed by atoms with Gasteiger partial charge in [0.2, 0.25) is 0 Å². The maximum atomic E-state index is 11.7. The Morgan fingerprint density at radius 3 is 2.07 bits per heavy atom. The Bertz CT molecular complexity index is 214. The number of alkyl halides is 3. The van der Waals surface area contributed by atoms with E-state index in [2.05, 4.69) is 11.3 Å². The molecule has 0 bridgehead atoms. The summed E-state index contributed by atoms with van der Waals surface area (Å²) in [6, 6.07) is 0. The molecule has 14 heavy (non-hydrogen) atoms. The standard InChI is InChI=1S/C8H13F3O2Si/c1-6(14(2,3)4)5-13-7(12)8(9,10)11/h1,5H2,2-4H3. The Hall–Kier alpha value is -0.783. The van der Waals surface area contributed by atoms with Crippen molar-refractivity contribution in [3.8, 4) is 0 Å². The Morgan fingerprint density at radius 1 is 1.36 bits per heavy atom. The second-order valence-corrected chi connectivity index (χ2v) is 9.13. The van der Waals surface area contributed by atoms with Gasteiger partial charge in [0.15, 0.2) is 0 Å². The summed E-state index contributed by atoms with van der Waals surface area (Å²) < 4.78 is 39.2. The number of hydrogen-bond donors (Lipinski definition) is 0. The number of halogens is 3. The average molecular weight is 226 g/mol. The van der Waals surface area contributed by atoms with Crippen LogP contribution in [0.4, 0.5) is 13.2 Å². The fourth-order valence-corrected chi connectivity index (χ4v) is 0.956. The monoisotopic (exact) mass is 226 g/mol. The molecule has 0 aliphatic heterocycles. The third-order valence-electron chi connectivity index (χ3n) is 1.67. The van der Waals surface area contributed by atoms with E-state index in [1.54, 1.807) is 0 Å². The van der Waals surface area contributed by atoms with Crippen LogP contribution >= 0.6 is 0 Å². The van der Waals surface area contributed by atoms with E-state index >= 15 is 0 Å². The molecule has 0 fully saturated rings. The Morgan fingerprint density at radius 2 is 1.79 bits per heavy atom. The number of esters is 1. The lowest BCUT2D eigenvalue weighted by Crippen LogP contribution is -2.31. The Kier molecular flexibility index (Phi) is 3.93. The zero-order chi connectivity index (χ0) is 11.6. The highest BCUT2D eigenvalue weighted by Gasteiger charge is 2.41. The molecule has 0 atom stereocenters. The summed E-state index contributed by atoms with van der Waals surface area (Å²) in [6.07, 6.45) is -4.92. The molecular weight excluding hydrogens is 213 g/mol. The molecule has 0 aliphatic carbocycles. The SMILES string of the molecule is C=C(COC(=O)C(F)(F)F)[Si](C)(C)C. The number of ether oxygens (including phenoxy) is 1. The first kappa shape index (κ1) is 13.2. The molecule has 0 saturated heterocycles. The molecule has 0 aromatic heterocycles. The summed E-state index contributed by atoms with van der Waals surface area (Å²) in [5.41, 5.74) is 0. The molecule has 0 aromatic rings. The van der Waals surface area contributed by atoms with E-state index in [0.717, 1.165) is 0 Å². The van der Waals surface area contributed by atoms with Crippen LogP contribution in [0.5, 0.6) is 0 Å². The fraction of sp³-hybridized carbons (Fsp3) is 0.625. The van der Waals surface area contributed by atoms with Crippen LogP contribution in [0.1, 0.15) is 0 Å². The lowest BCUT2D eigenvalue weighted by Gasteiger charge is -2.19. The molecule has 0 rings (SSSR count). The van der Waals surface area contributed by atoms with E-state index in [9.17, 15) is 18.0 Å². The second kappa shape index (κ2) is 4.16. The van der Waals surface area contributed by atoms with Gasteiger partial charge in [-0.05, 0) is 0 Å². The smallest absolute Gasteiger partial charge is 0.455 e. The predicted molar refractivity (Wildman–Crippen MR) is 49.5 cm³/mol. The van der Waals surface area contributed by atoms with Gasteiger partial charge >= 0.3 is 12.1 Å². The lowest BCUT2D eigenvalue weighted by atomic mass is 10.6. The summed E-state index contributed by atoms with van der Waals surface area (Å²) in [5, 5.41) is 0.579. The predicted octanol–water partition coefficient (Wildman–Crippen LogP) is 2.53. The third kappa shape index (κ3) is 4.45. The quantitative estimate of drug-likeness (QED) is 0.546. The van der Waals surface area contributed by atoms with Crippen molar-refractivity contribution in [2.24, 2.45) is 0 Å². The van der Waals surface area contributed by atoms with Crippen LogP contribution in [-0.4, -0.2) is 26.8 Å². The second-order valence-electron chi connectivity index (χ2n) is 3.93. The van der Waals surface area contributed by atoms with Crippen LogP contribution < -0.4 is 0 Å². The van der Waals surface area contributed by atoms with Crippen molar-refractivity contribution in [2.75, 3.05) is 6.61 Å².